The van der Waals surface area contributed by atoms with Gasteiger partial charge in [0, 0.05) is 32.6 Å². The van der Waals surface area contributed by atoms with Crippen molar-refractivity contribution in [2.24, 2.45) is 0 Å². The molecule has 0 aliphatic carbocycles. The molecule has 0 aromatic heterocycles. The minimum absolute atomic E-state index is 0.172. The molecule has 1 unspecified atom stereocenters. The third kappa shape index (κ3) is 8.09. The standard InChI is InChI=1S/C30H42N6O7/c1-20(38)26(33-28(41)23-12-16-35(23)19-37)30(43)36-15-8-11-24(36)29(42)32-22(17-21-9-4-2-5-10-21)27(40)31-18-25(39)34-13-6-3-7-14-34/h2,4-5,9-10,19-20,22-24,26,38H,3,6-8,11-18H2,1H3,(H,31,40)(H,32,42)(H,33,41)/t20-,22+,23+,24?,26+/m1/s1. The smallest absolute Gasteiger partial charge is 0.248 e. The molecule has 3 aliphatic heterocycles. The lowest BCUT2D eigenvalue weighted by atomic mass is 10.0. The van der Waals surface area contributed by atoms with Crippen LogP contribution >= 0.6 is 0 Å². The van der Waals surface area contributed by atoms with Crippen molar-refractivity contribution in [3.05, 3.63) is 35.9 Å². The molecule has 3 aliphatic rings. The van der Waals surface area contributed by atoms with Gasteiger partial charge in [0.2, 0.25) is 35.9 Å². The number of aliphatic hydroxyl groups is 1. The number of nitrogens with zero attached hydrogens (tertiary/aromatic N) is 3. The summed E-state index contributed by atoms with van der Waals surface area (Å²) >= 11 is 0. The maximum atomic E-state index is 13.6. The summed E-state index contributed by atoms with van der Waals surface area (Å²) < 4.78 is 0. The molecule has 4 N–H and O–H groups in total. The molecule has 5 atom stereocenters. The molecule has 0 radical (unpaired) electrons. The Morgan fingerprint density at radius 3 is 2.23 bits per heavy atom. The van der Waals surface area contributed by atoms with E-state index in [1.807, 2.05) is 30.3 Å². The first-order valence-electron chi connectivity index (χ1n) is 15.1. The summed E-state index contributed by atoms with van der Waals surface area (Å²) in [6, 6.07) is 5.24. The van der Waals surface area contributed by atoms with Gasteiger partial charge in [-0.25, -0.2) is 0 Å². The predicted molar refractivity (Wildman–Crippen MR) is 155 cm³/mol. The Hall–Kier alpha value is -4.00. The molecule has 4 rings (SSSR count). The lowest BCUT2D eigenvalue weighted by Crippen LogP contribution is -2.62. The molecule has 43 heavy (non-hydrogen) atoms. The molecule has 6 amide bonds. The van der Waals surface area contributed by atoms with Crippen molar-refractivity contribution in [2.75, 3.05) is 32.7 Å². The van der Waals surface area contributed by atoms with Crippen LogP contribution in [0.15, 0.2) is 30.3 Å². The van der Waals surface area contributed by atoms with Crippen molar-refractivity contribution in [3.63, 3.8) is 0 Å². The zero-order chi connectivity index (χ0) is 30.9. The Bertz CT molecular complexity index is 1170. The number of amides is 6. The molecule has 0 spiro atoms. The number of aliphatic hydroxyl groups excluding tert-OH is 1. The molecule has 3 fully saturated rings. The highest BCUT2D eigenvalue weighted by Crippen LogP contribution is 2.21. The number of hydrogen-bond acceptors (Lipinski definition) is 7. The molecular weight excluding hydrogens is 556 g/mol. The molecule has 3 saturated heterocycles. The number of nitrogens with one attached hydrogen (secondary N) is 3. The SMILES string of the molecule is C[C@@H](O)[C@H](NC(=O)[C@@H]1CCN1C=O)C(=O)N1CCCC1C(=O)N[C@@H](Cc1ccccc1)C(=O)NCC(=O)N1CCCCC1. The first kappa shape index (κ1) is 31.9. The second-order valence-corrected chi connectivity index (χ2v) is 11.5. The third-order valence-corrected chi connectivity index (χ3v) is 8.42. The van der Waals surface area contributed by atoms with Gasteiger partial charge in [-0.2, -0.15) is 0 Å². The predicted octanol–water partition coefficient (Wildman–Crippen LogP) is -1.07. The summed E-state index contributed by atoms with van der Waals surface area (Å²) in [5.74, 6) is -2.38. The molecule has 0 bridgehead atoms. The number of rotatable bonds is 12. The van der Waals surface area contributed by atoms with E-state index in [1.54, 1.807) is 4.90 Å². The minimum atomic E-state index is -1.31. The Morgan fingerprint density at radius 1 is 0.907 bits per heavy atom. The number of carbonyl (C=O) groups is 6. The van der Waals surface area contributed by atoms with Gasteiger partial charge in [0.05, 0.1) is 12.6 Å². The number of carbonyl (C=O) groups excluding carboxylic acids is 6. The minimum Gasteiger partial charge on any atom is -0.391 e. The highest BCUT2D eigenvalue weighted by molar-refractivity contribution is 5.96. The van der Waals surface area contributed by atoms with Gasteiger partial charge in [-0.05, 0) is 51.0 Å². The fourth-order valence-electron chi connectivity index (χ4n) is 5.80. The average molecular weight is 599 g/mol. The first-order valence-corrected chi connectivity index (χ1v) is 15.1. The van der Waals surface area contributed by atoms with E-state index >= 15 is 0 Å². The van der Waals surface area contributed by atoms with Gasteiger partial charge in [-0.15, -0.1) is 0 Å². The van der Waals surface area contributed by atoms with Crippen LogP contribution in [0.5, 0.6) is 0 Å². The van der Waals surface area contributed by atoms with E-state index in [2.05, 4.69) is 16.0 Å². The van der Waals surface area contributed by atoms with Crippen LogP contribution in [0.4, 0.5) is 0 Å². The number of benzene rings is 1. The summed E-state index contributed by atoms with van der Waals surface area (Å²) in [6.07, 6.45) is 3.75. The molecule has 13 nitrogen and oxygen atoms in total. The van der Waals surface area contributed by atoms with Crippen molar-refractivity contribution >= 4 is 35.9 Å². The van der Waals surface area contributed by atoms with Crippen LogP contribution in [-0.2, 0) is 35.2 Å². The molecule has 234 valence electrons. The Morgan fingerprint density at radius 2 is 1.60 bits per heavy atom. The molecule has 1 aromatic carbocycles. The van der Waals surface area contributed by atoms with Crippen molar-refractivity contribution in [2.45, 2.75) is 82.1 Å². The van der Waals surface area contributed by atoms with Crippen molar-refractivity contribution in [1.82, 2.24) is 30.7 Å². The molecule has 1 aromatic rings. The van der Waals surface area contributed by atoms with Crippen molar-refractivity contribution < 1.29 is 33.9 Å². The summed E-state index contributed by atoms with van der Waals surface area (Å²) in [4.78, 5) is 81.2. The maximum Gasteiger partial charge on any atom is 0.248 e. The van der Waals surface area contributed by atoms with E-state index < -0.39 is 53.9 Å². The summed E-state index contributed by atoms with van der Waals surface area (Å²) in [5, 5.41) is 18.4. The highest BCUT2D eigenvalue weighted by Gasteiger charge is 2.42. The third-order valence-electron chi connectivity index (χ3n) is 8.42. The van der Waals surface area contributed by atoms with Crippen LogP contribution < -0.4 is 16.0 Å². The van der Waals surface area contributed by atoms with E-state index in [9.17, 15) is 33.9 Å². The number of piperidine rings is 1. The van der Waals surface area contributed by atoms with Crippen LogP contribution in [0.2, 0.25) is 0 Å². The summed E-state index contributed by atoms with van der Waals surface area (Å²) in [7, 11) is 0. The number of hydrogen-bond donors (Lipinski definition) is 4. The van der Waals surface area contributed by atoms with Crippen LogP contribution in [0.3, 0.4) is 0 Å². The normalized spacial score (nSPS) is 22.0. The lowest BCUT2D eigenvalue weighted by molar-refractivity contribution is -0.147. The van der Waals surface area contributed by atoms with Crippen LogP contribution in [0.1, 0.15) is 51.0 Å². The monoisotopic (exact) mass is 598 g/mol. The zero-order valence-corrected chi connectivity index (χ0v) is 24.6. The molecule has 13 heteroatoms. The number of likely N-dealkylation sites (tertiary alicyclic amines) is 3. The second-order valence-electron chi connectivity index (χ2n) is 11.5. The average Bonchev–Trinajstić information content (AvgIpc) is 3.49. The quantitative estimate of drug-likeness (QED) is 0.222. The lowest BCUT2D eigenvalue weighted by Gasteiger charge is -2.38. The topological polar surface area (TPSA) is 168 Å². The molecule has 3 heterocycles. The summed E-state index contributed by atoms with van der Waals surface area (Å²) in [6.45, 7) is 3.19. The Labute approximate surface area is 251 Å². The van der Waals surface area contributed by atoms with Gasteiger partial charge >= 0.3 is 0 Å². The highest BCUT2D eigenvalue weighted by atomic mass is 16.3. The van der Waals surface area contributed by atoms with Gasteiger partial charge in [0.25, 0.3) is 0 Å². The van der Waals surface area contributed by atoms with Crippen molar-refractivity contribution in [1.29, 1.82) is 0 Å². The van der Waals surface area contributed by atoms with Gasteiger partial charge in [-0.3, -0.25) is 28.8 Å². The molecule has 0 saturated carbocycles. The van der Waals surface area contributed by atoms with E-state index in [1.165, 1.54) is 16.7 Å². The zero-order valence-electron chi connectivity index (χ0n) is 24.6. The van der Waals surface area contributed by atoms with Crippen LogP contribution in [0, 0.1) is 0 Å². The van der Waals surface area contributed by atoms with E-state index in [0.29, 0.717) is 45.3 Å². The van der Waals surface area contributed by atoms with Crippen LogP contribution in [-0.4, -0.2) is 119 Å². The Balaban J connectivity index is 1.42. The van der Waals surface area contributed by atoms with E-state index in [0.717, 1.165) is 24.8 Å². The largest absolute Gasteiger partial charge is 0.391 e. The maximum absolute atomic E-state index is 13.6. The van der Waals surface area contributed by atoms with Crippen molar-refractivity contribution in [3.8, 4) is 0 Å². The second kappa shape index (κ2) is 14.9. The van der Waals surface area contributed by atoms with Crippen LogP contribution in [0.25, 0.3) is 0 Å². The van der Waals surface area contributed by atoms with E-state index in [4.69, 9.17) is 0 Å². The van der Waals surface area contributed by atoms with Gasteiger partial charge in [0.1, 0.15) is 24.2 Å². The van der Waals surface area contributed by atoms with Gasteiger partial charge in [0.15, 0.2) is 0 Å². The summed E-state index contributed by atoms with van der Waals surface area (Å²) in [5.41, 5.74) is 0.807. The van der Waals surface area contributed by atoms with E-state index in [-0.39, 0.29) is 25.4 Å². The Kier molecular flexibility index (Phi) is 11.1. The first-order chi connectivity index (χ1) is 20.7. The fraction of sp³-hybridized carbons (Fsp3) is 0.600. The van der Waals surface area contributed by atoms with Gasteiger partial charge in [-0.1, -0.05) is 30.3 Å². The fourth-order valence-corrected chi connectivity index (χ4v) is 5.80. The van der Waals surface area contributed by atoms with Gasteiger partial charge < -0.3 is 35.8 Å². The molecular formula is C30H42N6O7.